The molecule has 2 amide bonds. The van der Waals surface area contributed by atoms with Crippen molar-refractivity contribution in [2.75, 3.05) is 26.0 Å². The van der Waals surface area contributed by atoms with Gasteiger partial charge in [-0.3, -0.25) is 0 Å². The second-order valence-corrected chi connectivity index (χ2v) is 4.50. The minimum absolute atomic E-state index is 0.0119. The van der Waals surface area contributed by atoms with Crippen LogP contribution in [0.5, 0.6) is 5.75 Å². The highest BCUT2D eigenvalue weighted by molar-refractivity contribution is 6.00. The van der Waals surface area contributed by atoms with Gasteiger partial charge in [0.25, 0.3) is 0 Å². The van der Waals surface area contributed by atoms with Gasteiger partial charge in [-0.2, -0.15) is 0 Å². The fraction of sp³-hybridized carbons (Fsp3) is 0.333. The van der Waals surface area contributed by atoms with Crippen LogP contribution in [0.1, 0.15) is 23.2 Å². The topological polar surface area (TPSA) is 78.9 Å². The largest absolute Gasteiger partial charge is 0.497 e. The van der Waals surface area contributed by atoms with Crippen molar-refractivity contribution in [3.8, 4) is 5.75 Å². The first kappa shape index (κ1) is 16.6. The van der Waals surface area contributed by atoms with Crippen LogP contribution in [0.2, 0.25) is 0 Å². The zero-order valence-electron chi connectivity index (χ0n) is 12.3. The highest BCUT2D eigenvalue weighted by atomic mass is 16.5. The summed E-state index contributed by atoms with van der Waals surface area (Å²) in [6.45, 7) is 4.19. The number of nitrogens with zero attached hydrogens (tertiary/aromatic N) is 1. The van der Waals surface area contributed by atoms with Crippen LogP contribution < -0.4 is 10.1 Å². The lowest BCUT2D eigenvalue weighted by Gasteiger charge is -2.18. The first-order valence-corrected chi connectivity index (χ1v) is 6.54. The Kier molecular flexibility index (Phi) is 6.26. The SMILES string of the molecule is C=CCCCN(C)C(=O)Nc1ccc(OC)cc1C(=O)O. The summed E-state index contributed by atoms with van der Waals surface area (Å²) in [6.07, 6.45) is 3.42. The molecule has 1 aromatic carbocycles. The Morgan fingerprint density at radius 2 is 2.19 bits per heavy atom. The smallest absolute Gasteiger partial charge is 0.337 e. The van der Waals surface area contributed by atoms with Crippen LogP contribution >= 0.6 is 0 Å². The minimum atomic E-state index is -1.13. The van der Waals surface area contributed by atoms with E-state index in [1.54, 1.807) is 19.2 Å². The van der Waals surface area contributed by atoms with Gasteiger partial charge in [0.05, 0.1) is 18.4 Å². The highest BCUT2D eigenvalue weighted by Crippen LogP contribution is 2.22. The Bertz CT molecular complexity index is 528. The van der Waals surface area contributed by atoms with E-state index in [-0.39, 0.29) is 17.3 Å². The van der Waals surface area contributed by atoms with E-state index in [0.29, 0.717) is 12.3 Å². The zero-order chi connectivity index (χ0) is 15.8. The number of carboxylic acids is 1. The molecule has 0 heterocycles. The van der Waals surface area contributed by atoms with E-state index in [9.17, 15) is 14.7 Å². The van der Waals surface area contributed by atoms with Gasteiger partial charge in [-0.15, -0.1) is 6.58 Å². The van der Waals surface area contributed by atoms with Crippen molar-refractivity contribution in [1.82, 2.24) is 4.90 Å². The van der Waals surface area contributed by atoms with Crippen molar-refractivity contribution in [2.45, 2.75) is 12.8 Å². The summed E-state index contributed by atoms with van der Waals surface area (Å²) in [5.41, 5.74) is 0.228. The number of carbonyl (C=O) groups is 2. The molecule has 0 unspecified atom stereocenters. The Hall–Kier alpha value is -2.50. The maximum absolute atomic E-state index is 12.0. The Labute approximate surface area is 124 Å². The first-order chi connectivity index (χ1) is 9.99. The number of hydrogen-bond acceptors (Lipinski definition) is 3. The van der Waals surface area contributed by atoms with E-state index >= 15 is 0 Å². The van der Waals surface area contributed by atoms with Crippen molar-refractivity contribution in [2.24, 2.45) is 0 Å². The van der Waals surface area contributed by atoms with Crippen molar-refractivity contribution < 1.29 is 19.4 Å². The molecule has 0 saturated heterocycles. The molecule has 0 atom stereocenters. The highest BCUT2D eigenvalue weighted by Gasteiger charge is 2.15. The van der Waals surface area contributed by atoms with Crippen LogP contribution in [0.15, 0.2) is 30.9 Å². The fourth-order valence-corrected chi connectivity index (χ4v) is 1.72. The van der Waals surface area contributed by atoms with Gasteiger partial charge in [0, 0.05) is 13.6 Å². The van der Waals surface area contributed by atoms with Crippen LogP contribution in [0, 0.1) is 0 Å². The van der Waals surface area contributed by atoms with E-state index in [4.69, 9.17) is 4.74 Å². The number of aromatic carboxylic acids is 1. The van der Waals surface area contributed by atoms with E-state index in [2.05, 4.69) is 11.9 Å². The Morgan fingerprint density at radius 1 is 1.48 bits per heavy atom. The molecule has 6 heteroatoms. The summed E-state index contributed by atoms with van der Waals surface area (Å²) in [4.78, 5) is 24.7. The van der Waals surface area contributed by atoms with Crippen LogP contribution in [0.3, 0.4) is 0 Å². The number of ether oxygens (including phenoxy) is 1. The standard InChI is InChI=1S/C15H20N2O4/c1-4-5-6-9-17(2)15(20)16-13-8-7-11(21-3)10-12(13)14(18)19/h4,7-8,10H,1,5-6,9H2,2-3H3,(H,16,20)(H,18,19). The molecule has 1 rings (SSSR count). The molecule has 0 radical (unpaired) electrons. The minimum Gasteiger partial charge on any atom is -0.497 e. The van der Waals surface area contributed by atoms with Crippen LogP contribution in [0.4, 0.5) is 10.5 Å². The van der Waals surface area contributed by atoms with Gasteiger partial charge in [0.2, 0.25) is 0 Å². The molecule has 0 spiro atoms. The number of carbonyl (C=O) groups excluding carboxylic acids is 1. The molecule has 0 aliphatic carbocycles. The average Bonchev–Trinajstić information content (AvgIpc) is 2.47. The van der Waals surface area contributed by atoms with E-state index in [0.717, 1.165) is 12.8 Å². The summed E-state index contributed by atoms with van der Waals surface area (Å²) >= 11 is 0. The van der Waals surface area contributed by atoms with Gasteiger partial charge < -0.3 is 20.1 Å². The molecular weight excluding hydrogens is 272 g/mol. The summed E-state index contributed by atoms with van der Waals surface area (Å²) in [7, 11) is 3.11. The summed E-state index contributed by atoms with van der Waals surface area (Å²) in [6, 6.07) is 4.12. The van der Waals surface area contributed by atoms with Crippen LogP contribution in [-0.2, 0) is 0 Å². The number of urea groups is 1. The third kappa shape index (κ3) is 4.83. The second-order valence-electron chi connectivity index (χ2n) is 4.50. The fourth-order valence-electron chi connectivity index (χ4n) is 1.72. The number of amides is 2. The predicted octanol–water partition coefficient (Wildman–Crippen LogP) is 2.82. The number of unbranched alkanes of at least 4 members (excludes halogenated alkanes) is 1. The number of rotatable bonds is 7. The normalized spacial score (nSPS) is 9.81. The number of benzene rings is 1. The maximum Gasteiger partial charge on any atom is 0.337 e. The lowest BCUT2D eigenvalue weighted by molar-refractivity contribution is 0.0697. The van der Waals surface area contributed by atoms with Crippen molar-refractivity contribution in [1.29, 1.82) is 0 Å². The maximum atomic E-state index is 12.0. The molecule has 0 aromatic heterocycles. The van der Waals surface area contributed by atoms with Gasteiger partial charge in [0.1, 0.15) is 5.75 Å². The van der Waals surface area contributed by atoms with Crippen molar-refractivity contribution in [3.05, 3.63) is 36.4 Å². The van der Waals surface area contributed by atoms with E-state index < -0.39 is 5.97 Å². The molecule has 21 heavy (non-hydrogen) atoms. The molecule has 6 nitrogen and oxygen atoms in total. The molecule has 0 saturated carbocycles. The summed E-state index contributed by atoms with van der Waals surface area (Å²) < 4.78 is 4.98. The number of allylic oxidation sites excluding steroid dienone is 1. The number of nitrogens with one attached hydrogen (secondary N) is 1. The predicted molar refractivity (Wildman–Crippen MR) is 81.0 cm³/mol. The Morgan fingerprint density at radius 3 is 2.76 bits per heavy atom. The monoisotopic (exact) mass is 292 g/mol. The third-order valence-corrected chi connectivity index (χ3v) is 2.95. The number of methoxy groups -OCH3 is 1. The third-order valence-electron chi connectivity index (χ3n) is 2.95. The quantitative estimate of drug-likeness (QED) is 0.598. The van der Waals surface area contributed by atoms with Gasteiger partial charge in [-0.1, -0.05) is 6.08 Å². The molecule has 2 N–H and O–H groups in total. The molecule has 0 aliphatic rings. The van der Waals surface area contributed by atoms with Crippen molar-refractivity contribution >= 4 is 17.7 Å². The lowest BCUT2D eigenvalue weighted by Crippen LogP contribution is -2.32. The molecule has 1 aromatic rings. The summed E-state index contributed by atoms with van der Waals surface area (Å²) in [5, 5.41) is 11.8. The molecule has 0 fully saturated rings. The van der Waals surface area contributed by atoms with Gasteiger partial charge in [0.15, 0.2) is 0 Å². The first-order valence-electron chi connectivity index (χ1n) is 6.54. The van der Waals surface area contributed by atoms with Gasteiger partial charge in [-0.25, -0.2) is 9.59 Å². The van der Waals surface area contributed by atoms with E-state index in [1.807, 2.05) is 0 Å². The zero-order valence-corrected chi connectivity index (χ0v) is 12.3. The number of carboxylic acid groups (broad SMARTS) is 1. The lowest BCUT2D eigenvalue weighted by atomic mass is 10.1. The van der Waals surface area contributed by atoms with Crippen LogP contribution in [-0.4, -0.2) is 42.7 Å². The van der Waals surface area contributed by atoms with E-state index in [1.165, 1.54) is 24.1 Å². The van der Waals surface area contributed by atoms with Gasteiger partial charge >= 0.3 is 12.0 Å². The molecular formula is C15H20N2O4. The summed E-state index contributed by atoms with van der Waals surface area (Å²) in [5.74, 6) is -0.705. The number of anilines is 1. The molecule has 114 valence electrons. The Balaban J connectivity index is 2.79. The number of hydrogen-bond donors (Lipinski definition) is 2. The van der Waals surface area contributed by atoms with Crippen LogP contribution in [0.25, 0.3) is 0 Å². The molecule has 0 aliphatic heterocycles. The van der Waals surface area contributed by atoms with Crippen molar-refractivity contribution in [3.63, 3.8) is 0 Å². The average molecular weight is 292 g/mol. The molecule has 0 bridgehead atoms. The second kappa shape index (κ2) is 7.94. The van der Waals surface area contributed by atoms with Gasteiger partial charge in [-0.05, 0) is 31.0 Å².